The summed E-state index contributed by atoms with van der Waals surface area (Å²) < 4.78 is 48.2. The van der Waals surface area contributed by atoms with E-state index in [1.807, 2.05) is 18.2 Å². The Morgan fingerprint density at radius 2 is 1.67 bits per heavy atom. The summed E-state index contributed by atoms with van der Waals surface area (Å²) in [7, 11) is 0. The van der Waals surface area contributed by atoms with Crippen molar-refractivity contribution in [3.63, 3.8) is 0 Å². The molecule has 1 aromatic heterocycles. The van der Waals surface area contributed by atoms with Crippen LogP contribution in [-0.4, -0.2) is 57.9 Å². The largest absolute Gasteiger partial charge is 0.491 e. The highest BCUT2D eigenvalue weighted by atomic mass is 19.4. The van der Waals surface area contributed by atoms with Crippen molar-refractivity contribution < 1.29 is 41.8 Å². The highest BCUT2D eigenvalue weighted by Crippen LogP contribution is 2.34. The molecule has 0 saturated heterocycles. The van der Waals surface area contributed by atoms with Crippen LogP contribution in [0.15, 0.2) is 84.9 Å². The van der Waals surface area contributed by atoms with Gasteiger partial charge in [-0.1, -0.05) is 72.5 Å². The molecule has 0 aliphatic carbocycles. The van der Waals surface area contributed by atoms with Gasteiger partial charge in [-0.15, -0.1) is 0 Å². The third-order valence-corrected chi connectivity index (χ3v) is 7.30. The number of carbonyl (C=O) groups excluding carboxylic acids is 4. The Morgan fingerprint density at radius 1 is 0.980 bits per heavy atom. The topological polar surface area (TPSA) is 145 Å². The van der Waals surface area contributed by atoms with Crippen molar-refractivity contribution >= 4 is 35.4 Å². The van der Waals surface area contributed by atoms with E-state index in [2.05, 4.69) is 26.5 Å². The van der Waals surface area contributed by atoms with E-state index in [1.165, 1.54) is 11.0 Å². The number of alkyl halides is 3. The fourth-order valence-electron chi connectivity index (χ4n) is 5.13. The molecule has 4 aromatic rings. The number of rotatable bonds is 8. The first-order chi connectivity index (χ1) is 23.4. The Hall–Kier alpha value is -6.23. The van der Waals surface area contributed by atoms with Crippen molar-refractivity contribution in [3.05, 3.63) is 113 Å². The van der Waals surface area contributed by atoms with Crippen LogP contribution in [0.25, 0.3) is 0 Å². The molecule has 0 fully saturated rings. The van der Waals surface area contributed by atoms with Gasteiger partial charge in [0.15, 0.2) is 6.61 Å². The minimum absolute atomic E-state index is 0.0420. The number of nitrogens with zero attached hydrogens (tertiary/aromatic N) is 4. The summed E-state index contributed by atoms with van der Waals surface area (Å²) >= 11 is 0. The highest BCUT2D eigenvalue weighted by molar-refractivity contribution is 6.10. The molecule has 49 heavy (non-hydrogen) atoms. The van der Waals surface area contributed by atoms with E-state index in [4.69, 9.17) is 10.5 Å². The maximum atomic E-state index is 14.3. The molecular formula is C35H28F3N5O6. The number of halogens is 3. The number of nitrogens with two attached hydrogens (primary N) is 1. The zero-order chi connectivity index (χ0) is 35.1. The first-order valence-corrected chi connectivity index (χ1v) is 14.8. The number of ether oxygens (including phenoxy) is 2. The molecule has 5 rings (SSSR count). The van der Waals surface area contributed by atoms with E-state index in [-0.39, 0.29) is 36.2 Å². The Kier molecular flexibility index (Phi) is 10.2. The number of benzene rings is 3. The predicted molar refractivity (Wildman–Crippen MR) is 170 cm³/mol. The molecule has 0 radical (unpaired) electrons. The monoisotopic (exact) mass is 671 g/mol. The van der Waals surface area contributed by atoms with E-state index in [0.717, 1.165) is 10.5 Å². The molecule has 14 heteroatoms. The molecule has 250 valence electrons. The number of hydrogen-bond donors (Lipinski definition) is 1. The molecule has 2 amide bonds. The molecule has 11 nitrogen and oxygen atoms in total. The first-order valence-electron chi connectivity index (χ1n) is 14.8. The van der Waals surface area contributed by atoms with Gasteiger partial charge in [0.2, 0.25) is 17.7 Å². The Labute approximate surface area is 278 Å². The fraction of sp³-hybridized carbons (Fsp3) is 0.200. The normalized spacial score (nSPS) is 13.5. The molecule has 2 heterocycles. The van der Waals surface area contributed by atoms with Gasteiger partial charge in [-0.25, -0.2) is 9.78 Å². The third kappa shape index (κ3) is 8.58. The summed E-state index contributed by atoms with van der Waals surface area (Å²) in [5, 5.41) is 0. The number of hydrogen-bond acceptors (Lipinski definition) is 9. The number of aromatic nitrogens is 2. The minimum Gasteiger partial charge on any atom is -0.464 e. The molecule has 3 aromatic carbocycles. The first kappa shape index (κ1) is 34.1. The lowest BCUT2D eigenvalue weighted by molar-refractivity contribution is -0.202. The summed E-state index contributed by atoms with van der Waals surface area (Å²) in [5.41, 5.74) is 8.05. The van der Waals surface area contributed by atoms with Gasteiger partial charge < -0.3 is 25.0 Å². The van der Waals surface area contributed by atoms with Gasteiger partial charge in [0, 0.05) is 17.3 Å². The second-order valence-electron chi connectivity index (χ2n) is 10.8. The van der Waals surface area contributed by atoms with Crippen LogP contribution in [0, 0.1) is 18.8 Å². The number of esters is 2. The number of nitrogen functional groups attached to an aromatic ring is 1. The fourth-order valence-corrected chi connectivity index (χ4v) is 5.13. The van der Waals surface area contributed by atoms with Crippen molar-refractivity contribution in [2.45, 2.75) is 32.1 Å². The van der Waals surface area contributed by atoms with Crippen LogP contribution in [0.2, 0.25) is 0 Å². The maximum absolute atomic E-state index is 14.3. The van der Waals surface area contributed by atoms with Gasteiger partial charge in [0.1, 0.15) is 6.54 Å². The SMILES string of the molecule is Cc1cc(OCC#Cc2ccc3c(c2)C(=O)N(C(CC(=O)OC(=O)C(F)(F)F)c2ccccc2)CC(=O)N3Cc2ccccc2)nc(N)n1. The Balaban J connectivity index is 1.51. The lowest BCUT2D eigenvalue weighted by Gasteiger charge is -2.30. The summed E-state index contributed by atoms with van der Waals surface area (Å²) in [6, 6.07) is 22.0. The van der Waals surface area contributed by atoms with Crippen molar-refractivity contribution in [2.75, 3.05) is 23.8 Å². The number of amides is 2. The van der Waals surface area contributed by atoms with Gasteiger partial charge in [-0.3, -0.25) is 14.4 Å². The summed E-state index contributed by atoms with van der Waals surface area (Å²) in [4.78, 5) is 62.8. The van der Waals surface area contributed by atoms with Crippen LogP contribution in [0.5, 0.6) is 5.88 Å². The number of carbonyl (C=O) groups is 4. The summed E-state index contributed by atoms with van der Waals surface area (Å²) in [6.07, 6.45) is -6.25. The molecule has 0 saturated carbocycles. The van der Waals surface area contributed by atoms with Gasteiger partial charge in [0.05, 0.1) is 30.3 Å². The van der Waals surface area contributed by atoms with Gasteiger partial charge in [0.25, 0.3) is 5.91 Å². The summed E-state index contributed by atoms with van der Waals surface area (Å²) in [6.45, 7) is 1.19. The smallest absolute Gasteiger partial charge is 0.464 e. The van der Waals surface area contributed by atoms with Crippen molar-refractivity contribution in [3.8, 4) is 17.7 Å². The van der Waals surface area contributed by atoms with E-state index in [0.29, 0.717) is 16.8 Å². The molecule has 1 unspecified atom stereocenters. The molecule has 1 atom stereocenters. The van der Waals surface area contributed by atoms with Crippen LogP contribution in [0.1, 0.15) is 45.2 Å². The van der Waals surface area contributed by atoms with Gasteiger partial charge in [-0.2, -0.15) is 18.2 Å². The number of anilines is 2. The van der Waals surface area contributed by atoms with E-state index < -0.39 is 48.9 Å². The quantitative estimate of drug-likeness (QED) is 0.162. The van der Waals surface area contributed by atoms with Crippen LogP contribution in [-0.2, 0) is 25.7 Å². The van der Waals surface area contributed by atoms with Crippen LogP contribution < -0.4 is 15.4 Å². The zero-order valence-electron chi connectivity index (χ0n) is 25.9. The van der Waals surface area contributed by atoms with E-state index in [9.17, 15) is 32.3 Å². The molecule has 0 spiro atoms. The summed E-state index contributed by atoms with van der Waals surface area (Å²) in [5.74, 6) is 0.582. The van der Waals surface area contributed by atoms with E-state index >= 15 is 0 Å². The van der Waals surface area contributed by atoms with Crippen LogP contribution in [0.3, 0.4) is 0 Å². The Morgan fingerprint density at radius 3 is 2.35 bits per heavy atom. The lowest BCUT2D eigenvalue weighted by atomic mass is 10.00. The number of aryl methyl sites for hydroxylation is 1. The second-order valence-corrected chi connectivity index (χ2v) is 10.8. The maximum Gasteiger partial charge on any atom is 0.491 e. The molecule has 1 aliphatic heterocycles. The lowest BCUT2D eigenvalue weighted by Crippen LogP contribution is -2.42. The average Bonchev–Trinajstić information content (AvgIpc) is 3.16. The molecule has 1 aliphatic rings. The predicted octanol–water partition coefficient (Wildman–Crippen LogP) is 4.55. The average molecular weight is 672 g/mol. The number of fused-ring (bicyclic) bond motifs is 1. The van der Waals surface area contributed by atoms with Crippen molar-refractivity contribution in [1.29, 1.82) is 0 Å². The zero-order valence-corrected chi connectivity index (χ0v) is 25.9. The Bertz CT molecular complexity index is 1920. The van der Waals surface area contributed by atoms with Crippen LogP contribution >= 0.6 is 0 Å². The molecular weight excluding hydrogens is 643 g/mol. The van der Waals surface area contributed by atoms with Crippen molar-refractivity contribution in [2.24, 2.45) is 0 Å². The van der Waals surface area contributed by atoms with Crippen molar-refractivity contribution in [1.82, 2.24) is 14.9 Å². The third-order valence-electron chi connectivity index (χ3n) is 7.30. The van der Waals surface area contributed by atoms with Crippen LogP contribution in [0.4, 0.5) is 24.8 Å². The minimum atomic E-state index is -5.41. The van der Waals surface area contributed by atoms with Gasteiger partial charge in [-0.05, 0) is 36.2 Å². The highest BCUT2D eigenvalue weighted by Gasteiger charge is 2.43. The molecule has 2 N–H and O–H groups in total. The standard InChI is InChI=1S/C35H28F3N5O6/c1-22-17-29(41-34(39)40-22)48-16-8-11-23-14-15-27-26(18-23)32(46)43(21-30(44)42(27)20-24-9-4-2-5-10-24)28(25-12-6-3-7-13-25)19-31(45)49-33(47)35(36,37)38/h2-7,9-10,12-15,17-18,28H,16,19-21H2,1H3,(H2,39,40,41). The van der Waals surface area contributed by atoms with Gasteiger partial charge >= 0.3 is 18.1 Å². The molecule has 0 bridgehead atoms. The second kappa shape index (κ2) is 14.7. The van der Waals surface area contributed by atoms with E-state index in [1.54, 1.807) is 67.6 Å².